The van der Waals surface area contributed by atoms with Crippen LogP contribution < -0.4 is 0 Å². The Morgan fingerprint density at radius 3 is 1.00 bits per heavy atom. The number of hydrogen-bond donors (Lipinski definition) is 6. The minimum atomic E-state index is -4.15. The van der Waals surface area contributed by atoms with Gasteiger partial charge < -0.3 is 30.6 Å². The zero-order chi connectivity index (χ0) is 10.2. The van der Waals surface area contributed by atoms with Crippen LogP contribution in [0, 0.1) is 0 Å². The number of carboxylic acids is 2. The largest absolute Gasteiger partial charge is 0.477 e. The van der Waals surface area contributed by atoms with Crippen molar-refractivity contribution < 1.29 is 40.2 Å². The van der Waals surface area contributed by atoms with Gasteiger partial charge in [0.1, 0.15) is 0 Å². The first-order chi connectivity index (χ1) is 5.14. The van der Waals surface area contributed by atoms with Crippen molar-refractivity contribution in [3.63, 3.8) is 0 Å². The molecule has 8 nitrogen and oxygen atoms in total. The minimum absolute atomic E-state index is 0. The Morgan fingerprint density at radius 1 is 0.769 bits per heavy atom. The van der Waals surface area contributed by atoms with E-state index in [1.807, 2.05) is 0 Å². The van der Waals surface area contributed by atoms with Crippen LogP contribution in [0.4, 0.5) is 0 Å². The van der Waals surface area contributed by atoms with Crippen LogP contribution in [0.5, 0.6) is 0 Å². The van der Waals surface area contributed by atoms with Crippen molar-refractivity contribution in [3.05, 3.63) is 0 Å². The summed E-state index contributed by atoms with van der Waals surface area (Å²) in [6, 6.07) is 0. The predicted octanol–water partition coefficient (Wildman–Crippen LogP) is -3.86. The molecule has 0 saturated heterocycles. The molecule has 0 atom stereocenters. The number of carbonyl (C=O) groups is 2. The van der Waals surface area contributed by atoms with Crippen molar-refractivity contribution in [2.75, 3.05) is 0 Å². The molecule has 71 valence electrons. The molecule has 0 rings (SSSR count). The van der Waals surface area contributed by atoms with E-state index in [1.165, 1.54) is 0 Å². The number of aliphatic carboxylic acids is 2. The maximum Gasteiger partial charge on any atom is 0.370 e. The molecule has 6 N–H and O–H groups in total. The van der Waals surface area contributed by atoms with Crippen LogP contribution in [0.2, 0.25) is 0 Å². The summed E-state index contributed by atoms with van der Waals surface area (Å²) in [4.78, 5) is 19.8. The quantitative estimate of drug-likeness (QED) is 0.202. The number of carboxylic acid groups (broad SMARTS) is 2. The van der Waals surface area contributed by atoms with E-state index in [0.717, 1.165) is 0 Å². The van der Waals surface area contributed by atoms with E-state index in [2.05, 4.69) is 0 Å². The second-order valence-corrected chi connectivity index (χ2v) is 1.95. The summed E-state index contributed by atoms with van der Waals surface area (Å²) in [5, 5.41) is 49.3. The van der Waals surface area contributed by atoms with E-state index in [4.69, 9.17) is 30.6 Å². The first-order valence-corrected chi connectivity index (χ1v) is 2.50. The Bertz CT molecular complexity index is 196. The van der Waals surface area contributed by atoms with Crippen molar-refractivity contribution >= 4 is 41.5 Å². The maximum atomic E-state index is 9.89. The minimum Gasteiger partial charge on any atom is -0.477 e. The summed E-state index contributed by atoms with van der Waals surface area (Å²) >= 11 is 0. The molecular formula is C4H6NaO8. The zero-order valence-corrected chi connectivity index (χ0v) is 8.50. The number of hydrogen-bond acceptors (Lipinski definition) is 6. The monoisotopic (exact) mass is 205 g/mol. The van der Waals surface area contributed by atoms with Crippen LogP contribution in [0.25, 0.3) is 0 Å². The zero-order valence-electron chi connectivity index (χ0n) is 6.50. The third-order valence-electron chi connectivity index (χ3n) is 1.08. The normalized spacial score (nSPS) is 11.7. The van der Waals surface area contributed by atoms with Gasteiger partial charge in [0.15, 0.2) is 0 Å². The molecule has 0 aliphatic heterocycles. The Hall–Kier alpha value is -0.220. The van der Waals surface area contributed by atoms with Gasteiger partial charge in [0.2, 0.25) is 0 Å². The van der Waals surface area contributed by atoms with E-state index >= 15 is 0 Å². The molecule has 0 aromatic heterocycles. The summed E-state index contributed by atoms with van der Waals surface area (Å²) in [6.07, 6.45) is 0. The van der Waals surface area contributed by atoms with Crippen LogP contribution in [0.15, 0.2) is 0 Å². The predicted molar refractivity (Wildman–Crippen MR) is 35.4 cm³/mol. The van der Waals surface area contributed by atoms with Gasteiger partial charge in [-0.25, -0.2) is 9.59 Å². The summed E-state index contributed by atoms with van der Waals surface area (Å²) in [7, 11) is 0. The molecule has 0 aliphatic carbocycles. The summed E-state index contributed by atoms with van der Waals surface area (Å²) in [5.74, 6) is -13.3. The Labute approximate surface area is 93.3 Å². The number of rotatable bonds is 3. The van der Waals surface area contributed by atoms with Gasteiger partial charge in [-0.15, -0.1) is 0 Å². The Kier molecular flexibility index (Phi) is 5.08. The summed E-state index contributed by atoms with van der Waals surface area (Å²) < 4.78 is 0. The van der Waals surface area contributed by atoms with E-state index < -0.39 is 23.5 Å². The van der Waals surface area contributed by atoms with Crippen LogP contribution in [-0.2, 0) is 9.59 Å². The molecule has 0 saturated carbocycles. The first kappa shape index (κ1) is 15.3. The Balaban J connectivity index is 0. The van der Waals surface area contributed by atoms with Crippen molar-refractivity contribution in [3.8, 4) is 0 Å². The molecule has 0 heterocycles. The van der Waals surface area contributed by atoms with Crippen LogP contribution in [-0.4, -0.2) is 83.7 Å². The molecular weight excluding hydrogens is 199 g/mol. The van der Waals surface area contributed by atoms with Gasteiger partial charge >= 0.3 is 23.5 Å². The molecule has 0 bridgehead atoms. The smallest absolute Gasteiger partial charge is 0.370 e. The van der Waals surface area contributed by atoms with Crippen molar-refractivity contribution in [2.24, 2.45) is 0 Å². The fraction of sp³-hybridized carbons (Fsp3) is 0.500. The summed E-state index contributed by atoms with van der Waals surface area (Å²) in [5.41, 5.74) is 0. The van der Waals surface area contributed by atoms with Crippen LogP contribution in [0.3, 0.4) is 0 Å². The second kappa shape index (κ2) is 4.33. The SMILES string of the molecule is O=C(O)C(O)(O)C(O)(O)C(=O)O.[Na]. The van der Waals surface area contributed by atoms with Crippen LogP contribution >= 0.6 is 0 Å². The van der Waals surface area contributed by atoms with E-state index in [-0.39, 0.29) is 29.6 Å². The molecule has 0 aromatic rings. The average Bonchev–Trinajstić information content (AvgIpc) is 1.86. The van der Waals surface area contributed by atoms with E-state index in [1.54, 1.807) is 0 Å². The molecule has 0 fully saturated rings. The number of aliphatic hydroxyl groups is 4. The van der Waals surface area contributed by atoms with Crippen molar-refractivity contribution in [1.82, 2.24) is 0 Å². The summed E-state index contributed by atoms with van der Waals surface area (Å²) in [6.45, 7) is 0. The van der Waals surface area contributed by atoms with E-state index in [9.17, 15) is 9.59 Å². The third kappa shape index (κ3) is 2.61. The molecule has 0 unspecified atom stereocenters. The topological polar surface area (TPSA) is 156 Å². The van der Waals surface area contributed by atoms with Gasteiger partial charge in [-0.1, -0.05) is 0 Å². The van der Waals surface area contributed by atoms with Gasteiger partial charge in [0.05, 0.1) is 0 Å². The third-order valence-corrected chi connectivity index (χ3v) is 1.08. The molecule has 9 heteroatoms. The molecule has 0 aromatic carbocycles. The molecule has 0 spiro atoms. The van der Waals surface area contributed by atoms with Gasteiger partial charge in [-0.05, 0) is 0 Å². The van der Waals surface area contributed by atoms with Gasteiger partial charge in [-0.3, -0.25) is 0 Å². The van der Waals surface area contributed by atoms with Gasteiger partial charge in [0, 0.05) is 29.6 Å². The molecule has 13 heavy (non-hydrogen) atoms. The van der Waals surface area contributed by atoms with Gasteiger partial charge in [0.25, 0.3) is 0 Å². The molecule has 0 aliphatic rings. The molecule has 0 amide bonds. The average molecular weight is 205 g/mol. The molecule has 1 radical (unpaired) electrons. The fourth-order valence-electron chi connectivity index (χ4n) is 0.298. The Morgan fingerprint density at radius 2 is 0.923 bits per heavy atom. The standard InChI is InChI=1S/C4H6O8.Na/c5-1(6)3(9,10)4(11,12)2(7)8;/h9-12H,(H,5,6)(H,7,8);. The van der Waals surface area contributed by atoms with Crippen LogP contribution in [0.1, 0.15) is 0 Å². The maximum absolute atomic E-state index is 9.89. The first-order valence-electron chi connectivity index (χ1n) is 2.50. The second-order valence-electron chi connectivity index (χ2n) is 1.95. The van der Waals surface area contributed by atoms with E-state index in [0.29, 0.717) is 0 Å². The van der Waals surface area contributed by atoms with Crippen molar-refractivity contribution in [2.45, 2.75) is 11.6 Å². The van der Waals surface area contributed by atoms with Gasteiger partial charge in [-0.2, -0.15) is 0 Å². The van der Waals surface area contributed by atoms with Crippen molar-refractivity contribution in [1.29, 1.82) is 0 Å². The fourth-order valence-corrected chi connectivity index (χ4v) is 0.298.